The summed E-state index contributed by atoms with van der Waals surface area (Å²) in [5.41, 5.74) is 3.44. The Morgan fingerprint density at radius 2 is 1.92 bits per heavy atom. The topological polar surface area (TPSA) is 133 Å². The van der Waals surface area contributed by atoms with E-state index in [0.717, 1.165) is 13.0 Å². The second kappa shape index (κ2) is 11.7. The summed E-state index contributed by atoms with van der Waals surface area (Å²) in [6, 6.07) is 16.3. The number of aromatic nitrogens is 2. The van der Waals surface area contributed by atoms with Gasteiger partial charge in [-0.3, -0.25) is 15.0 Å². The predicted octanol–water partition coefficient (Wildman–Crippen LogP) is 4.78. The van der Waals surface area contributed by atoms with Gasteiger partial charge in [0.15, 0.2) is 5.82 Å². The molecule has 1 unspecified atom stereocenters. The third-order valence-electron chi connectivity index (χ3n) is 6.21. The highest BCUT2D eigenvalue weighted by molar-refractivity contribution is 5.76. The number of benzene rings is 2. The van der Waals surface area contributed by atoms with E-state index in [0.29, 0.717) is 34.9 Å². The van der Waals surface area contributed by atoms with Gasteiger partial charge in [0, 0.05) is 24.4 Å². The van der Waals surface area contributed by atoms with E-state index in [4.69, 9.17) is 14.0 Å². The maximum atomic E-state index is 12.1. The minimum Gasteiger partial charge on any atom is -0.437 e. The van der Waals surface area contributed by atoms with Crippen LogP contribution in [-0.2, 0) is 22.4 Å². The fourth-order valence-electron chi connectivity index (χ4n) is 4.37. The van der Waals surface area contributed by atoms with E-state index in [-0.39, 0.29) is 17.3 Å². The summed E-state index contributed by atoms with van der Waals surface area (Å²) >= 11 is 0. The lowest BCUT2D eigenvalue weighted by molar-refractivity contribution is -0.384. The summed E-state index contributed by atoms with van der Waals surface area (Å²) in [7, 11) is 3.18. The number of nitrogens with one attached hydrogen (secondary N) is 1. The molecule has 1 aromatic heterocycles. The Labute approximate surface area is 219 Å². The van der Waals surface area contributed by atoms with Gasteiger partial charge in [0.05, 0.1) is 35.8 Å². The van der Waals surface area contributed by atoms with E-state index in [1.807, 2.05) is 32.2 Å². The van der Waals surface area contributed by atoms with Crippen molar-refractivity contribution in [3.05, 3.63) is 105 Å². The number of ether oxygens (including phenoxy) is 2. The Balaban J connectivity index is 1.64. The Bertz CT molecular complexity index is 1380. The second-order valence-electron chi connectivity index (χ2n) is 8.98. The number of nitrogens with zero attached hydrogens (tertiary/aromatic N) is 4. The first kappa shape index (κ1) is 26.6. The molecule has 2 aromatic carbocycles. The number of hydrogen-bond donors (Lipinski definition) is 1. The predicted molar refractivity (Wildman–Crippen MR) is 139 cm³/mol. The Morgan fingerprint density at radius 3 is 2.63 bits per heavy atom. The molecule has 0 saturated carbocycles. The van der Waals surface area contributed by atoms with Gasteiger partial charge >= 0.3 is 6.16 Å². The smallest absolute Gasteiger partial charge is 0.437 e. The lowest BCUT2D eigenvalue weighted by Gasteiger charge is -2.29. The van der Waals surface area contributed by atoms with Crippen LogP contribution in [0.1, 0.15) is 42.6 Å². The molecule has 1 aliphatic rings. The largest absolute Gasteiger partial charge is 0.513 e. The van der Waals surface area contributed by atoms with E-state index >= 15 is 0 Å². The number of rotatable bonds is 9. The van der Waals surface area contributed by atoms with Crippen molar-refractivity contribution in [1.29, 1.82) is 0 Å². The number of methoxy groups -OCH3 is 1. The molecule has 4 rings (SSSR count). The molecule has 11 nitrogen and oxygen atoms in total. The molecule has 0 fully saturated rings. The first-order valence-corrected chi connectivity index (χ1v) is 12.0. The molecule has 198 valence electrons. The molecule has 38 heavy (non-hydrogen) atoms. The zero-order valence-electron chi connectivity index (χ0n) is 21.6. The average Bonchev–Trinajstić information content (AvgIpc) is 3.36. The van der Waals surface area contributed by atoms with Gasteiger partial charge in [-0.25, -0.2) is 4.79 Å². The van der Waals surface area contributed by atoms with Gasteiger partial charge in [-0.05, 0) is 38.4 Å². The van der Waals surface area contributed by atoms with E-state index in [9.17, 15) is 14.9 Å². The highest BCUT2D eigenvalue weighted by Crippen LogP contribution is 2.44. The molecule has 0 bridgehead atoms. The maximum absolute atomic E-state index is 12.1. The number of likely N-dealkylation sites (N-methyl/N-ethyl adjacent to an activating group) is 1. The normalized spacial score (nSPS) is 15.4. The van der Waals surface area contributed by atoms with E-state index in [2.05, 4.69) is 32.5 Å². The van der Waals surface area contributed by atoms with Crippen LogP contribution in [-0.4, -0.2) is 46.8 Å². The molecule has 0 aliphatic carbocycles. The van der Waals surface area contributed by atoms with Crippen LogP contribution in [0.3, 0.4) is 0 Å². The fraction of sp³-hybridized carbons (Fsp3) is 0.296. The average molecular weight is 520 g/mol. The third kappa shape index (κ3) is 6.06. The summed E-state index contributed by atoms with van der Waals surface area (Å²) in [6.45, 7) is 4.82. The summed E-state index contributed by atoms with van der Waals surface area (Å²) < 4.78 is 15.9. The van der Waals surface area contributed by atoms with Crippen LogP contribution in [0.2, 0.25) is 0 Å². The van der Waals surface area contributed by atoms with Crippen molar-refractivity contribution in [2.24, 2.45) is 0 Å². The minimum atomic E-state index is -0.915. The van der Waals surface area contributed by atoms with Crippen molar-refractivity contribution in [2.75, 3.05) is 20.7 Å². The molecule has 3 aromatic rings. The Morgan fingerprint density at radius 1 is 1.16 bits per heavy atom. The van der Waals surface area contributed by atoms with Gasteiger partial charge in [0.25, 0.3) is 11.6 Å². The van der Waals surface area contributed by atoms with E-state index in [1.54, 1.807) is 19.1 Å². The van der Waals surface area contributed by atoms with Gasteiger partial charge < -0.3 is 19.3 Å². The van der Waals surface area contributed by atoms with Gasteiger partial charge in [-0.1, -0.05) is 47.6 Å². The molecule has 0 saturated heterocycles. The Kier molecular flexibility index (Phi) is 8.17. The number of hydrogen-bond acceptors (Lipinski definition) is 10. The molecule has 0 radical (unpaired) electrons. The monoisotopic (exact) mass is 519 g/mol. The van der Waals surface area contributed by atoms with Crippen LogP contribution in [0.15, 0.2) is 76.3 Å². The highest BCUT2D eigenvalue weighted by atomic mass is 16.7. The molecule has 2 heterocycles. The number of carbonyl (C=O) groups excluding carboxylic acids is 1. The zero-order valence-corrected chi connectivity index (χ0v) is 21.6. The van der Waals surface area contributed by atoms with Crippen LogP contribution < -0.4 is 5.32 Å². The van der Waals surface area contributed by atoms with Crippen molar-refractivity contribution in [2.45, 2.75) is 32.7 Å². The lowest BCUT2D eigenvalue weighted by atomic mass is 9.84. The third-order valence-corrected chi connectivity index (χ3v) is 6.21. The summed E-state index contributed by atoms with van der Waals surface area (Å²) in [4.78, 5) is 29.8. The SMILES string of the molecule is COC(=O)OC1=C(C)NC(C)=C(c2nc(CN(C)CCc3ccccc3)no2)C1c1cccc([N+](=O)[O-])c1. The number of allylic oxidation sites excluding steroid dienone is 3. The molecular weight excluding hydrogens is 490 g/mol. The van der Waals surface area contributed by atoms with Gasteiger partial charge in [-0.2, -0.15) is 4.98 Å². The Hall–Kier alpha value is -4.51. The number of nitro groups is 1. The van der Waals surface area contributed by atoms with Crippen molar-refractivity contribution in [1.82, 2.24) is 20.4 Å². The van der Waals surface area contributed by atoms with Crippen LogP contribution >= 0.6 is 0 Å². The quantitative estimate of drug-likeness (QED) is 0.239. The van der Waals surface area contributed by atoms with Crippen molar-refractivity contribution in [3.8, 4) is 0 Å². The number of dihydropyridines is 1. The number of non-ortho nitro benzene ring substituents is 1. The minimum absolute atomic E-state index is 0.0978. The van der Waals surface area contributed by atoms with Gasteiger partial charge in [0.2, 0.25) is 0 Å². The standard InChI is InChI=1S/C27H29N5O6/c1-17-23(26-29-22(30-38-26)16-31(3)14-13-19-9-6-5-7-10-19)24(20-11-8-12-21(15-20)32(34)35)25(18(2)28-17)37-27(33)36-4/h5-12,15,24,28H,13-14,16H2,1-4H3. The van der Waals surface area contributed by atoms with Crippen LogP contribution in [0.4, 0.5) is 10.5 Å². The molecule has 0 amide bonds. The van der Waals surface area contributed by atoms with Crippen LogP contribution in [0, 0.1) is 10.1 Å². The summed E-state index contributed by atoms with van der Waals surface area (Å²) in [6.07, 6.45) is -0.0367. The first-order valence-electron chi connectivity index (χ1n) is 12.0. The van der Waals surface area contributed by atoms with Crippen molar-refractivity contribution in [3.63, 3.8) is 0 Å². The summed E-state index contributed by atoms with van der Waals surface area (Å²) in [5, 5.41) is 18.8. The lowest BCUT2D eigenvalue weighted by Crippen LogP contribution is -2.26. The zero-order chi connectivity index (χ0) is 27.2. The molecule has 1 aliphatic heterocycles. The highest BCUT2D eigenvalue weighted by Gasteiger charge is 2.36. The van der Waals surface area contributed by atoms with Crippen molar-refractivity contribution < 1.29 is 23.7 Å². The second-order valence-corrected chi connectivity index (χ2v) is 8.98. The molecule has 1 N–H and O–H groups in total. The first-order chi connectivity index (χ1) is 18.3. The maximum Gasteiger partial charge on any atom is 0.513 e. The number of carbonyl (C=O) groups is 1. The summed E-state index contributed by atoms with van der Waals surface area (Å²) in [5.74, 6) is 0.184. The van der Waals surface area contributed by atoms with Crippen LogP contribution in [0.5, 0.6) is 0 Å². The molecule has 11 heteroatoms. The number of nitro benzene ring substituents is 1. The molecular formula is C27H29N5O6. The van der Waals surface area contributed by atoms with E-state index in [1.165, 1.54) is 24.8 Å². The van der Waals surface area contributed by atoms with Gasteiger partial charge in [0.1, 0.15) is 5.76 Å². The van der Waals surface area contributed by atoms with E-state index < -0.39 is 17.0 Å². The molecule has 1 atom stereocenters. The molecule has 0 spiro atoms. The van der Waals surface area contributed by atoms with Crippen LogP contribution in [0.25, 0.3) is 5.57 Å². The van der Waals surface area contributed by atoms with Gasteiger partial charge in [-0.15, -0.1) is 0 Å². The van der Waals surface area contributed by atoms with Crippen molar-refractivity contribution >= 4 is 17.4 Å². The fourth-order valence-corrected chi connectivity index (χ4v) is 4.37.